The Morgan fingerprint density at radius 3 is 1.67 bits per heavy atom. The molecule has 2 aliphatic heterocycles. The average molecular weight is 408 g/mol. The summed E-state index contributed by atoms with van der Waals surface area (Å²) in [6.45, 7) is 0. The predicted molar refractivity (Wildman–Crippen MR) is 92.6 cm³/mol. The van der Waals surface area contributed by atoms with E-state index in [1.54, 1.807) is 0 Å². The number of ether oxygens (including phenoxy) is 3. The summed E-state index contributed by atoms with van der Waals surface area (Å²) in [5.41, 5.74) is 2.25. The number of alkyl halides is 2. The van der Waals surface area contributed by atoms with E-state index >= 15 is 0 Å². The summed E-state index contributed by atoms with van der Waals surface area (Å²) in [5, 5.41) is 0.582. The summed E-state index contributed by atoms with van der Waals surface area (Å²) in [5.74, 6) is -1.73. The molecule has 1 saturated heterocycles. The van der Waals surface area contributed by atoms with Gasteiger partial charge in [-0.1, -0.05) is 47.5 Å². The van der Waals surface area contributed by atoms with Gasteiger partial charge < -0.3 is 14.2 Å². The first-order valence-electron chi connectivity index (χ1n) is 7.68. The van der Waals surface area contributed by atoms with Crippen LogP contribution < -0.4 is 0 Å². The largest absolute Gasteiger partial charge is 0.365 e. The molecule has 4 bridgehead atoms. The normalized spacial score (nSPS) is 46.6. The lowest BCUT2D eigenvalue weighted by Gasteiger charge is -2.42. The van der Waals surface area contributed by atoms with Crippen molar-refractivity contribution in [3.63, 3.8) is 0 Å². The minimum Gasteiger partial charge on any atom is -0.365 e. The summed E-state index contributed by atoms with van der Waals surface area (Å²) in [4.78, 5) is -2.40. The highest BCUT2D eigenvalue weighted by molar-refractivity contribution is 6.52. The molecule has 0 amide bonds. The Morgan fingerprint density at radius 1 is 0.875 bits per heavy atom. The molecule has 1 saturated carbocycles. The van der Waals surface area contributed by atoms with Gasteiger partial charge in [0.05, 0.1) is 22.3 Å². The number of benzene rings is 1. The highest BCUT2D eigenvalue weighted by Crippen LogP contribution is 2.81. The third-order valence-corrected chi connectivity index (χ3v) is 8.87. The molecule has 1 aromatic rings. The van der Waals surface area contributed by atoms with Crippen molar-refractivity contribution >= 4 is 46.4 Å². The number of hydrogen-bond donors (Lipinski definition) is 0. The fourth-order valence-electron chi connectivity index (χ4n) is 5.46. The van der Waals surface area contributed by atoms with Crippen LogP contribution in [0, 0.1) is 11.8 Å². The number of hydrogen-bond acceptors (Lipinski definition) is 3. The van der Waals surface area contributed by atoms with Gasteiger partial charge in [0.15, 0.2) is 0 Å². The van der Waals surface area contributed by atoms with Gasteiger partial charge in [0.25, 0.3) is 0 Å². The van der Waals surface area contributed by atoms with Crippen molar-refractivity contribution in [1.82, 2.24) is 0 Å². The number of rotatable bonds is 2. The molecule has 6 atom stereocenters. The molecule has 2 aliphatic carbocycles. The van der Waals surface area contributed by atoms with Gasteiger partial charge in [-0.25, -0.2) is 0 Å². The molecule has 0 unspecified atom stereocenters. The van der Waals surface area contributed by atoms with Crippen LogP contribution in [0.3, 0.4) is 0 Å². The molecule has 0 aromatic heterocycles. The highest BCUT2D eigenvalue weighted by Gasteiger charge is 2.89. The van der Waals surface area contributed by atoms with Crippen LogP contribution in [-0.4, -0.2) is 29.8 Å². The SMILES string of the molecule is COC1(OC)[C@@]2(Cl)C(Cl)=C(Cl)[C@]1(Cl)[C@H]1[C@@H]2[C@H]2O[C@H]1c1ccccc12. The predicted octanol–water partition coefficient (Wildman–Crippen LogP) is 4.71. The quantitative estimate of drug-likeness (QED) is 0.525. The zero-order chi connectivity index (χ0) is 17.1. The minimum atomic E-state index is -1.35. The van der Waals surface area contributed by atoms with E-state index in [9.17, 15) is 0 Å². The molecular formula is C17H14Cl4O3. The van der Waals surface area contributed by atoms with Gasteiger partial charge in [-0.15, -0.1) is 23.2 Å². The number of halogens is 4. The van der Waals surface area contributed by atoms with E-state index in [1.165, 1.54) is 14.2 Å². The third kappa shape index (κ3) is 1.28. The fraction of sp³-hybridized carbons (Fsp3) is 0.529. The van der Waals surface area contributed by atoms with Crippen LogP contribution in [0.5, 0.6) is 0 Å². The first-order chi connectivity index (χ1) is 11.4. The molecule has 128 valence electrons. The van der Waals surface area contributed by atoms with Gasteiger partial charge in [-0.3, -0.25) is 0 Å². The third-order valence-electron chi connectivity index (χ3n) is 6.22. The van der Waals surface area contributed by atoms with E-state index in [2.05, 4.69) is 12.1 Å². The Bertz CT molecular complexity index is 733. The monoisotopic (exact) mass is 406 g/mol. The Balaban J connectivity index is 1.81. The van der Waals surface area contributed by atoms with Gasteiger partial charge in [-0.2, -0.15) is 0 Å². The smallest absolute Gasteiger partial charge is 0.217 e. The van der Waals surface area contributed by atoms with E-state index in [4.69, 9.17) is 60.6 Å². The molecule has 7 heteroatoms. The lowest BCUT2D eigenvalue weighted by atomic mass is 9.70. The second-order valence-corrected chi connectivity index (χ2v) is 8.68. The van der Waals surface area contributed by atoms with E-state index < -0.39 is 15.5 Å². The van der Waals surface area contributed by atoms with Crippen LogP contribution in [-0.2, 0) is 14.2 Å². The van der Waals surface area contributed by atoms with Crippen molar-refractivity contribution < 1.29 is 14.2 Å². The molecule has 4 aliphatic rings. The number of methoxy groups -OCH3 is 2. The van der Waals surface area contributed by atoms with E-state index in [0.717, 1.165) is 11.1 Å². The van der Waals surface area contributed by atoms with Gasteiger partial charge in [0, 0.05) is 26.1 Å². The maximum absolute atomic E-state index is 7.13. The van der Waals surface area contributed by atoms with Crippen LogP contribution in [0.1, 0.15) is 23.3 Å². The summed E-state index contributed by atoms with van der Waals surface area (Å²) in [6.07, 6.45) is -0.421. The minimum absolute atomic E-state index is 0.188. The molecule has 0 spiro atoms. The van der Waals surface area contributed by atoms with Crippen LogP contribution in [0.25, 0.3) is 0 Å². The Morgan fingerprint density at radius 2 is 1.29 bits per heavy atom. The number of fused-ring (bicyclic) bond motifs is 12. The van der Waals surface area contributed by atoms with E-state index in [1.807, 2.05) is 12.1 Å². The zero-order valence-corrected chi connectivity index (χ0v) is 15.9. The van der Waals surface area contributed by atoms with Gasteiger partial charge in [-0.05, 0) is 11.1 Å². The first kappa shape index (κ1) is 16.2. The van der Waals surface area contributed by atoms with Crippen LogP contribution in [0.4, 0.5) is 0 Å². The molecule has 24 heavy (non-hydrogen) atoms. The maximum atomic E-state index is 7.13. The zero-order valence-electron chi connectivity index (χ0n) is 12.9. The molecule has 2 fully saturated rings. The van der Waals surface area contributed by atoms with Crippen molar-refractivity contribution in [2.75, 3.05) is 14.2 Å². The average Bonchev–Trinajstić information content (AvgIpc) is 3.24. The van der Waals surface area contributed by atoms with Crippen LogP contribution in [0.2, 0.25) is 0 Å². The van der Waals surface area contributed by atoms with Crippen LogP contribution >= 0.6 is 46.4 Å². The molecule has 5 rings (SSSR count). The van der Waals surface area contributed by atoms with E-state index in [-0.39, 0.29) is 24.0 Å². The Labute approximate surface area is 159 Å². The van der Waals surface area contributed by atoms with Crippen molar-refractivity contribution in [2.24, 2.45) is 11.8 Å². The van der Waals surface area contributed by atoms with Gasteiger partial charge in [0.2, 0.25) is 5.79 Å². The van der Waals surface area contributed by atoms with Gasteiger partial charge >= 0.3 is 0 Å². The molecular weight excluding hydrogens is 394 g/mol. The highest BCUT2D eigenvalue weighted by atomic mass is 35.5. The summed E-state index contributed by atoms with van der Waals surface area (Å²) >= 11 is 27.4. The lowest BCUT2D eigenvalue weighted by Crippen LogP contribution is -2.58. The molecule has 1 aromatic carbocycles. The van der Waals surface area contributed by atoms with E-state index in [0.29, 0.717) is 10.1 Å². The second kappa shape index (κ2) is 4.64. The molecule has 0 radical (unpaired) electrons. The standard InChI is InChI=1S/C17H14Cl4O3/c1-22-17(23-2)15(20)9-10(16(17,21)14(19)13(15)18)12-8-6-4-3-5-7(8)11(9)24-12/h3-6,9-12H,1-2H3/t9-,10+,11-,12-,15+,16-/m0/s1. The maximum Gasteiger partial charge on any atom is 0.217 e. The summed E-state index contributed by atoms with van der Waals surface area (Å²) in [7, 11) is 3.04. The second-order valence-electron chi connectivity index (χ2n) is 6.73. The van der Waals surface area contributed by atoms with Crippen molar-refractivity contribution in [2.45, 2.75) is 27.7 Å². The molecule has 2 heterocycles. The lowest BCUT2D eigenvalue weighted by molar-refractivity contribution is -0.227. The molecule has 3 nitrogen and oxygen atoms in total. The van der Waals surface area contributed by atoms with Crippen molar-refractivity contribution in [1.29, 1.82) is 0 Å². The van der Waals surface area contributed by atoms with Crippen molar-refractivity contribution in [3.8, 4) is 0 Å². The molecule has 0 N–H and O–H groups in total. The first-order valence-corrected chi connectivity index (χ1v) is 9.20. The summed E-state index contributed by atoms with van der Waals surface area (Å²) in [6, 6.07) is 8.10. The van der Waals surface area contributed by atoms with Gasteiger partial charge in [0.1, 0.15) is 9.75 Å². The van der Waals surface area contributed by atoms with Crippen molar-refractivity contribution in [3.05, 3.63) is 45.5 Å². The Hall–Kier alpha value is -0.000000000000000222. The van der Waals surface area contributed by atoms with Crippen LogP contribution in [0.15, 0.2) is 34.3 Å². The Kier molecular flexibility index (Phi) is 3.13. The summed E-state index contributed by atoms with van der Waals surface area (Å²) < 4.78 is 17.9. The fourth-order valence-corrected chi connectivity index (χ4v) is 7.70. The topological polar surface area (TPSA) is 27.7 Å².